The van der Waals surface area contributed by atoms with E-state index in [2.05, 4.69) is 24.4 Å². The van der Waals surface area contributed by atoms with Gasteiger partial charge in [-0.15, -0.1) is 0 Å². The fourth-order valence-corrected chi connectivity index (χ4v) is 0.572. The zero-order chi connectivity index (χ0) is 11.4. The Morgan fingerprint density at radius 1 is 0.933 bits per heavy atom. The maximum absolute atomic E-state index is 4.99. The molecule has 0 rings (SSSR count). The Labute approximate surface area is 124 Å². The summed E-state index contributed by atoms with van der Waals surface area (Å²) in [5, 5.41) is 0.281. The average molecular weight is 262 g/mol. The number of thiocarbonyl (C=S) groups is 2. The zero-order valence-electron chi connectivity index (χ0n) is 8.62. The number of ether oxygens (including phenoxy) is 2. The van der Waals surface area contributed by atoms with Crippen LogP contribution in [-0.4, -0.2) is 53.1 Å². The molecule has 0 aromatic rings. The van der Waals surface area contributed by atoms with Gasteiger partial charge < -0.3 is 20.9 Å². The summed E-state index contributed by atoms with van der Waals surface area (Å²) >= 11 is 8.83. The van der Waals surface area contributed by atoms with Crippen LogP contribution in [0.3, 0.4) is 0 Å². The summed E-state index contributed by atoms with van der Waals surface area (Å²) < 4.78 is 9.40. The Morgan fingerprint density at radius 3 is 1.27 bits per heavy atom. The van der Waals surface area contributed by atoms with Crippen molar-refractivity contribution in [1.82, 2.24) is 0 Å². The molecule has 15 heavy (non-hydrogen) atoms. The molecular weight excluding hydrogens is 243 g/mol. The van der Waals surface area contributed by atoms with Crippen molar-refractivity contribution in [1.29, 1.82) is 0 Å². The number of hydrogen-bond donors (Lipinski definition) is 2. The van der Waals surface area contributed by atoms with E-state index in [1.165, 1.54) is 0 Å². The Kier molecular flexibility index (Phi) is 23.2. The minimum absolute atomic E-state index is 0. The summed E-state index contributed by atoms with van der Waals surface area (Å²) in [6.07, 6.45) is 1.91. The van der Waals surface area contributed by atoms with Crippen molar-refractivity contribution in [2.75, 3.05) is 13.2 Å². The van der Waals surface area contributed by atoms with Crippen molar-refractivity contribution < 1.29 is 9.47 Å². The first-order valence-corrected chi connectivity index (χ1v) is 5.20. The van der Waals surface area contributed by atoms with Gasteiger partial charge in [0, 0.05) is 0 Å². The van der Waals surface area contributed by atoms with E-state index < -0.39 is 0 Å². The molecule has 4 N–H and O–H groups in total. The number of rotatable bonds is 4. The summed E-state index contributed by atoms with van der Waals surface area (Å²) in [6, 6.07) is 0. The molecule has 0 spiro atoms. The summed E-state index contributed by atoms with van der Waals surface area (Å²) in [7, 11) is 0. The third kappa shape index (κ3) is 31.4. The second-order valence-corrected chi connectivity index (χ2v) is 3.14. The van der Waals surface area contributed by atoms with Crippen LogP contribution in [0, 0.1) is 0 Å². The van der Waals surface area contributed by atoms with Gasteiger partial charge in [-0.3, -0.25) is 0 Å². The second kappa shape index (κ2) is 16.8. The van der Waals surface area contributed by atoms with Crippen LogP contribution in [-0.2, 0) is 9.47 Å². The third-order valence-electron chi connectivity index (χ3n) is 0.897. The van der Waals surface area contributed by atoms with E-state index in [-0.39, 0.29) is 39.9 Å². The van der Waals surface area contributed by atoms with Gasteiger partial charge in [0.25, 0.3) is 10.3 Å². The molecule has 0 aromatic heterocycles. The molecule has 0 saturated heterocycles. The van der Waals surface area contributed by atoms with Gasteiger partial charge in [0.05, 0.1) is 13.2 Å². The van der Waals surface area contributed by atoms with Gasteiger partial charge in [0.15, 0.2) is 0 Å². The molecule has 0 aliphatic heterocycles. The predicted molar refractivity (Wildman–Crippen MR) is 73.2 cm³/mol. The molecule has 0 heterocycles. The molecule has 0 saturated carbocycles. The van der Waals surface area contributed by atoms with Crippen LogP contribution in [0.25, 0.3) is 0 Å². The van der Waals surface area contributed by atoms with Crippen molar-refractivity contribution in [2.24, 2.45) is 11.5 Å². The molecule has 0 atom stereocenters. The molecule has 0 radical (unpaired) electrons. The van der Waals surface area contributed by atoms with Gasteiger partial charge in [0.1, 0.15) is 0 Å². The van der Waals surface area contributed by atoms with Gasteiger partial charge in [-0.2, -0.15) is 0 Å². The Morgan fingerprint density at radius 2 is 1.20 bits per heavy atom. The van der Waals surface area contributed by atoms with Crippen molar-refractivity contribution in [3.63, 3.8) is 0 Å². The van der Waals surface area contributed by atoms with Gasteiger partial charge in [0.2, 0.25) is 0 Å². The van der Waals surface area contributed by atoms with E-state index in [0.29, 0.717) is 13.2 Å². The molecule has 0 aliphatic carbocycles. The van der Waals surface area contributed by atoms with Crippen LogP contribution < -0.4 is 11.5 Å². The molecular formula is C8H19N2NaO2S2. The summed E-state index contributed by atoms with van der Waals surface area (Å²) in [6.45, 7) is 5.27. The third-order valence-corrected chi connectivity index (χ3v) is 1.13. The minimum atomic E-state index is 0. The van der Waals surface area contributed by atoms with E-state index >= 15 is 0 Å². The van der Waals surface area contributed by atoms with E-state index in [0.717, 1.165) is 12.8 Å². The first-order chi connectivity index (χ1) is 6.54. The molecule has 0 amide bonds. The molecule has 0 aromatic carbocycles. The monoisotopic (exact) mass is 262 g/mol. The first kappa shape index (κ1) is 20.8. The SMILES string of the molecule is CCCOC(N)=S.CCCOC(N)=S.[NaH]. The van der Waals surface area contributed by atoms with Crippen LogP contribution >= 0.6 is 24.4 Å². The molecule has 0 fully saturated rings. The Bertz CT molecular complexity index is 153. The standard InChI is InChI=1S/2C4H9NOS.Na.H/c2*1-2-3-6-4(5)7;;/h2*2-3H2,1H3,(H2,5,7);;. The Balaban J connectivity index is -0.000000180. The van der Waals surface area contributed by atoms with Crippen molar-refractivity contribution >= 4 is 64.3 Å². The average Bonchev–Trinajstić information content (AvgIpc) is 2.12. The van der Waals surface area contributed by atoms with E-state index in [1.807, 2.05) is 13.8 Å². The van der Waals surface area contributed by atoms with Gasteiger partial charge in [-0.05, 0) is 37.3 Å². The number of hydrogen-bond acceptors (Lipinski definition) is 4. The van der Waals surface area contributed by atoms with Crippen LogP contribution in [0.5, 0.6) is 0 Å². The van der Waals surface area contributed by atoms with Crippen LogP contribution in [0.1, 0.15) is 26.7 Å². The van der Waals surface area contributed by atoms with Gasteiger partial charge >= 0.3 is 29.6 Å². The van der Waals surface area contributed by atoms with Crippen LogP contribution in [0.2, 0.25) is 0 Å². The van der Waals surface area contributed by atoms with Crippen LogP contribution in [0.4, 0.5) is 0 Å². The maximum atomic E-state index is 4.99. The van der Waals surface area contributed by atoms with E-state index in [1.54, 1.807) is 0 Å². The summed E-state index contributed by atoms with van der Waals surface area (Å²) in [4.78, 5) is 0. The summed E-state index contributed by atoms with van der Waals surface area (Å²) in [5.74, 6) is 0. The predicted octanol–water partition coefficient (Wildman–Crippen LogP) is 0.665. The van der Waals surface area contributed by atoms with E-state index in [9.17, 15) is 0 Å². The van der Waals surface area contributed by atoms with E-state index in [4.69, 9.17) is 20.9 Å². The van der Waals surface area contributed by atoms with Crippen molar-refractivity contribution in [3.8, 4) is 0 Å². The van der Waals surface area contributed by atoms with Crippen molar-refractivity contribution in [3.05, 3.63) is 0 Å². The summed E-state index contributed by atoms with van der Waals surface area (Å²) in [5.41, 5.74) is 9.98. The van der Waals surface area contributed by atoms with Gasteiger partial charge in [-0.25, -0.2) is 0 Å². The van der Waals surface area contributed by atoms with Crippen molar-refractivity contribution in [2.45, 2.75) is 26.7 Å². The second-order valence-electron chi connectivity index (χ2n) is 2.33. The molecule has 0 bridgehead atoms. The number of nitrogens with two attached hydrogens (primary N) is 2. The molecule has 7 heteroatoms. The topological polar surface area (TPSA) is 70.5 Å². The molecule has 4 nitrogen and oxygen atoms in total. The fraction of sp³-hybridized carbons (Fsp3) is 0.750. The van der Waals surface area contributed by atoms with Crippen LogP contribution in [0.15, 0.2) is 0 Å². The fourth-order valence-electron chi connectivity index (χ4n) is 0.405. The normalized spacial score (nSPS) is 7.60. The first-order valence-electron chi connectivity index (χ1n) is 4.39. The van der Waals surface area contributed by atoms with Gasteiger partial charge in [-0.1, -0.05) is 13.8 Å². The Hall–Kier alpha value is 0.380. The molecule has 0 aliphatic rings. The quantitative estimate of drug-likeness (QED) is 0.573. The molecule has 86 valence electrons. The zero-order valence-corrected chi connectivity index (χ0v) is 10.2. The molecule has 0 unspecified atom stereocenters.